The summed E-state index contributed by atoms with van der Waals surface area (Å²) < 4.78 is 0. The summed E-state index contributed by atoms with van der Waals surface area (Å²) in [5, 5.41) is 22.1. The van der Waals surface area contributed by atoms with Crippen molar-refractivity contribution in [1.29, 1.82) is 0 Å². The molecule has 0 aromatic carbocycles. The first-order valence-electron chi connectivity index (χ1n) is 10.0. The van der Waals surface area contributed by atoms with Crippen molar-refractivity contribution in [3.05, 3.63) is 71.3 Å². The summed E-state index contributed by atoms with van der Waals surface area (Å²) in [5.41, 5.74) is 2.25. The van der Waals surface area contributed by atoms with E-state index in [1.807, 2.05) is 18.4 Å². The van der Waals surface area contributed by atoms with Crippen LogP contribution in [0.15, 0.2) is 54.5 Å². The van der Waals surface area contributed by atoms with Crippen LogP contribution in [0.5, 0.6) is 0 Å². The predicted octanol–water partition coefficient (Wildman–Crippen LogP) is 3.70. The molecule has 3 rings (SSSR count). The van der Waals surface area contributed by atoms with Crippen molar-refractivity contribution < 1.29 is 19.8 Å². The molecule has 0 spiro atoms. The van der Waals surface area contributed by atoms with Gasteiger partial charge in [0.25, 0.3) is 0 Å². The van der Waals surface area contributed by atoms with Crippen LogP contribution in [0, 0.1) is 0 Å². The van der Waals surface area contributed by atoms with Crippen LogP contribution >= 0.6 is 0 Å². The zero-order valence-corrected chi connectivity index (χ0v) is 17.9. The lowest BCUT2D eigenvalue weighted by atomic mass is 10.0. The summed E-state index contributed by atoms with van der Waals surface area (Å²) in [6.45, 7) is 8.51. The van der Waals surface area contributed by atoms with Gasteiger partial charge in [0.15, 0.2) is 0 Å². The molecule has 8 heteroatoms. The standard InChI is InChI=1S/C23H26N4O4/c1-13(2)27(14(3)4)17-5-6-18(25-12-17)20-10-16(23(30)31)11-21(26-20)19-9-15(22(28)29)7-8-24-19/h5-14,18,25H,1-4H3,(H,28,29)(H,30,31). The van der Waals surface area contributed by atoms with E-state index in [2.05, 4.69) is 47.9 Å². The second-order valence-electron chi connectivity index (χ2n) is 7.87. The van der Waals surface area contributed by atoms with Crippen LogP contribution in [0.3, 0.4) is 0 Å². The van der Waals surface area contributed by atoms with Crippen LogP contribution in [-0.4, -0.2) is 49.1 Å². The third kappa shape index (κ3) is 4.91. The fourth-order valence-electron chi connectivity index (χ4n) is 3.68. The highest BCUT2D eigenvalue weighted by Gasteiger charge is 2.21. The lowest BCUT2D eigenvalue weighted by Crippen LogP contribution is -2.37. The Kier molecular flexibility index (Phi) is 6.39. The van der Waals surface area contributed by atoms with Crippen LogP contribution in [0.25, 0.3) is 11.4 Å². The molecule has 0 fully saturated rings. The fourth-order valence-corrected chi connectivity index (χ4v) is 3.68. The zero-order valence-electron chi connectivity index (χ0n) is 17.9. The maximum Gasteiger partial charge on any atom is 0.335 e. The molecule has 2 aromatic rings. The maximum absolute atomic E-state index is 11.7. The molecular weight excluding hydrogens is 396 g/mol. The number of carboxylic acids is 2. The Morgan fingerprint density at radius 3 is 2.19 bits per heavy atom. The molecule has 0 aliphatic carbocycles. The third-order valence-corrected chi connectivity index (χ3v) is 4.96. The molecule has 3 heterocycles. The normalized spacial score (nSPS) is 15.5. The van der Waals surface area contributed by atoms with Crippen LogP contribution < -0.4 is 5.32 Å². The number of hydrogen-bond acceptors (Lipinski definition) is 6. The number of hydrogen-bond donors (Lipinski definition) is 3. The fraction of sp³-hybridized carbons (Fsp3) is 0.304. The molecule has 0 radical (unpaired) electrons. The molecule has 0 amide bonds. The topological polar surface area (TPSA) is 116 Å². The monoisotopic (exact) mass is 422 g/mol. The molecule has 31 heavy (non-hydrogen) atoms. The van der Waals surface area contributed by atoms with Crippen LogP contribution in [-0.2, 0) is 0 Å². The number of carboxylic acid groups (broad SMARTS) is 2. The number of rotatable bonds is 7. The number of dihydropyridines is 1. The molecule has 0 bridgehead atoms. The molecule has 0 saturated carbocycles. The molecule has 1 unspecified atom stereocenters. The lowest BCUT2D eigenvalue weighted by Gasteiger charge is -2.35. The summed E-state index contributed by atoms with van der Waals surface area (Å²) in [6.07, 6.45) is 7.21. The first-order valence-corrected chi connectivity index (χ1v) is 10.0. The Morgan fingerprint density at radius 2 is 1.65 bits per heavy atom. The third-order valence-electron chi connectivity index (χ3n) is 4.96. The van der Waals surface area contributed by atoms with Gasteiger partial charge in [-0.3, -0.25) is 4.98 Å². The Hall–Kier alpha value is -3.68. The number of aromatic carboxylic acids is 2. The van der Waals surface area contributed by atoms with E-state index < -0.39 is 11.9 Å². The van der Waals surface area contributed by atoms with E-state index in [9.17, 15) is 19.8 Å². The van der Waals surface area contributed by atoms with E-state index in [4.69, 9.17) is 0 Å². The van der Waals surface area contributed by atoms with Gasteiger partial charge in [0.1, 0.15) is 0 Å². The van der Waals surface area contributed by atoms with Gasteiger partial charge in [-0.2, -0.15) is 0 Å². The van der Waals surface area contributed by atoms with E-state index in [0.29, 0.717) is 29.2 Å². The number of nitrogens with zero attached hydrogens (tertiary/aromatic N) is 3. The highest BCUT2D eigenvalue weighted by molar-refractivity contribution is 5.90. The Balaban J connectivity index is 1.96. The molecule has 3 N–H and O–H groups in total. The molecule has 162 valence electrons. The molecule has 0 saturated heterocycles. The minimum absolute atomic E-state index is 0.0542. The predicted molar refractivity (Wildman–Crippen MR) is 117 cm³/mol. The zero-order chi connectivity index (χ0) is 22.7. The lowest BCUT2D eigenvalue weighted by molar-refractivity contribution is 0.0685. The first kappa shape index (κ1) is 22.0. The van der Waals surface area contributed by atoms with Crippen LogP contribution in [0.4, 0.5) is 0 Å². The van der Waals surface area contributed by atoms with Crippen molar-refractivity contribution in [1.82, 2.24) is 20.2 Å². The number of carbonyl (C=O) groups is 2. The Bertz CT molecular complexity index is 1050. The highest BCUT2D eigenvalue weighted by atomic mass is 16.4. The minimum Gasteiger partial charge on any atom is -0.478 e. The van der Waals surface area contributed by atoms with E-state index in [-0.39, 0.29) is 17.2 Å². The Morgan fingerprint density at radius 1 is 1.00 bits per heavy atom. The van der Waals surface area contributed by atoms with E-state index in [0.717, 1.165) is 5.70 Å². The van der Waals surface area contributed by atoms with Crippen molar-refractivity contribution in [2.75, 3.05) is 0 Å². The van der Waals surface area contributed by atoms with Crippen LogP contribution in [0.1, 0.15) is 60.1 Å². The molecule has 1 aliphatic rings. The van der Waals surface area contributed by atoms with Gasteiger partial charge in [-0.1, -0.05) is 6.08 Å². The number of allylic oxidation sites excluding steroid dienone is 1. The average molecular weight is 422 g/mol. The van der Waals surface area contributed by atoms with E-state index in [1.165, 1.54) is 30.5 Å². The molecule has 8 nitrogen and oxygen atoms in total. The van der Waals surface area contributed by atoms with Gasteiger partial charge in [0, 0.05) is 24.5 Å². The molecule has 2 aromatic heterocycles. The SMILES string of the molecule is CC(C)N(C1=CNC(c2cc(C(=O)O)cc(-c3cc(C(=O)O)ccn3)n2)C=C1)C(C)C. The van der Waals surface area contributed by atoms with Gasteiger partial charge >= 0.3 is 11.9 Å². The molecular formula is C23H26N4O4. The van der Waals surface area contributed by atoms with E-state index in [1.54, 1.807) is 0 Å². The van der Waals surface area contributed by atoms with Crippen molar-refractivity contribution in [2.45, 2.75) is 45.8 Å². The van der Waals surface area contributed by atoms with Crippen molar-refractivity contribution >= 4 is 11.9 Å². The summed E-state index contributed by atoms with van der Waals surface area (Å²) in [5.74, 6) is -2.19. The van der Waals surface area contributed by atoms with Gasteiger partial charge in [-0.15, -0.1) is 0 Å². The number of pyridine rings is 2. The highest BCUT2D eigenvalue weighted by Crippen LogP contribution is 2.26. The summed E-state index contributed by atoms with van der Waals surface area (Å²) in [6, 6.07) is 5.98. The second kappa shape index (κ2) is 8.99. The average Bonchev–Trinajstić information content (AvgIpc) is 2.73. The maximum atomic E-state index is 11.7. The largest absolute Gasteiger partial charge is 0.478 e. The number of nitrogens with one attached hydrogen (secondary N) is 1. The summed E-state index contributed by atoms with van der Waals surface area (Å²) >= 11 is 0. The second-order valence-corrected chi connectivity index (χ2v) is 7.87. The van der Waals surface area contributed by atoms with E-state index >= 15 is 0 Å². The van der Waals surface area contributed by atoms with Gasteiger partial charge < -0.3 is 20.4 Å². The van der Waals surface area contributed by atoms with Crippen molar-refractivity contribution in [3.8, 4) is 11.4 Å². The quantitative estimate of drug-likeness (QED) is 0.619. The minimum atomic E-state index is -1.10. The van der Waals surface area contributed by atoms with Crippen LogP contribution in [0.2, 0.25) is 0 Å². The van der Waals surface area contributed by atoms with Crippen molar-refractivity contribution in [2.24, 2.45) is 0 Å². The van der Waals surface area contributed by atoms with Crippen molar-refractivity contribution in [3.63, 3.8) is 0 Å². The van der Waals surface area contributed by atoms with Gasteiger partial charge in [-0.05, 0) is 58.0 Å². The molecule has 1 aliphatic heterocycles. The summed E-state index contributed by atoms with van der Waals surface area (Å²) in [4.78, 5) is 34.0. The number of aromatic nitrogens is 2. The Labute approximate surface area is 181 Å². The molecule has 1 atom stereocenters. The summed E-state index contributed by atoms with van der Waals surface area (Å²) in [7, 11) is 0. The van der Waals surface area contributed by atoms with Gasteiger partial charge in [0.2, 0.25) is 0 Å². The van der Waals surface area contributed by atoms with Gasteiger partial charge in [-0.25, -0.2) is 14.6 Å². The first-order chi connectivity index (χ1) is 14.7. The van der Waals surface area contributed by atoms with Gasteiger partial charge in [0.05, 0.1) is 39.9 Å². The smallest absolute Gasteiger partial charge is 0.335 e.